The maximum absolute atomic E-state index is 2.53. The first-order valence-electron chi connectivity index (χ1n) is 13.8. The van der Waals surface area contributed by atoms with Crippen LogP contribution in [-0.4, -0.2) is 0 Å². The predicted molar refractivity (Wildman–Crippen MR) is 159 cm³/mol. The molecule has 0 radical (unpaired) electrons. The average molecular weight is 477 g/mol. The van der Waals surface area contributed by atoms with Crippen molar-refractivity contribution in [2.24, 2.45) is 0 Å². The van der Waals surface area contributed by atoms with Gasteiger partial charge in [0.15, 0.2) is 0 Å². The van der Waals surface area contributed by atoms with E-state index in [1.165, 1.54) is 27.8 Å². The summed E-state index contributed by atoms with van der Waals surface area (Å²) in [4.78, 5) is 0. The van der Waals surface area contributed by atoms with Gasteiger partial charge in [0.25, 0.3) is 0 Å². The van der Waals surface area contributed by atoms with Gasteiger partial charge in [-0.2, -0.15) is 0 Å². The molecule has 0 aromatic heterocycles. The second-order valence-electron chi connectivity index (χ2n) is 16.2. The van der Waals surface area contributed by atoms with Gasteiger partial charge in [-0.15, -0.1) is 0 Å². The van der Waals surface area contributed by atoms with Crippen LogP contribution in [0.4, 0.5) is 0 Å². The molecule has 0 fully saturated rings. The number of hydrogen-bond donors (Lipinski definition) is 0. The topological polar surface area (TPSA) is 0 Å². The van der Waals surface area contributed by atoms with Gasteiger partial charge in [0, 0.05) is 0 Å². The Morgan fingerprint density at radius 3 is 1.14 bits per heavy atom. The van der Waals surface area contributed by atoms with Gasteiger partial charge in [-0.3, -0.25) is 0 Å². The summed E-state index contributed by atoms with van der Waals surface area (Å²) in [6.07, 6.45) is 1.07. The lowest BCUT2D eigenvalue weighted by Gasteiger charge is -2.36. The second kappa shape index (κ2) is 9.39. The van der Waals surface area contributed by atoms with Gasteiger partial charge in [0.05, 0.1) is 0 Å². The highest BCUT2D eigenvalue weighted by molar-refractivity contribution is 5.50. The molecule has 1 unspecified atom stereocenters. The number of rotatable bonds is 3. The van der Waals surface area contributed by atoms with E-state index >= 15 is 0 Å². The molecule has 0 bridgehead atoms. The molecule has 0 saturated heterocycles. The van der Waals surface area contributed by atoms with Crippen molar-refractivity contribution < 1.29 is 0 Å². The SMILES string of the molecule is CC(Cc1c(C(C)(C)C)cc(C(C)(C)C)cc1C(C)(C)C)c1c(C(C)(C)C)cccc1C(C)(C)C. The largest absolute Gasteiger partial charge is 0.0617 e. The normalized spacial score (nSPS) is 14.9. The van der Waals surface area contributed by atoms with Crippen LogP contribution in [0.15, 0.2) is 30.3 Å². The molecule has 0 aliphatic heterocycles. The number of hydrogen-bond acceptors (Lipinski definition) is 0. The van der Waals surface area contributed by atoms with E-state index in [9.17, 15) is 0 Å². The van der Waals surface area contributed by atoms with Gasteiger partial charge in [0.2, 0.25) is 0 Å². The third-order valence-corrected chi connectivity index (χ3v) is 7.46. The summed E-state index contributed by atoms with van der Waals surface area (Å²) in [7, 11) is 0. The van der Waals surface area contributed by atoms with Gasteiger partial charge in [0.1, 0.15) is 0 Å². The van der Waals surface area contributed by atoms with Crippen molar-refractivity contribution in [3.8, 4) is 0 Å². The van der Waals surface area contributed by atoms with E-state index in [1.54, 1.807) is 11.1 Å². The Kier molecular flexibility index (Phi) is 7.96. The zero-order chi connectivity index (χ0) is 27.4. The van der Waals surface area contributed by atoms with Crippen molar-refractivity contribution in [1.82, 2.24) is 0 Å². The number of benzene rings is 2. The van der Waals surface area contributed by atoms with E-state index in [0.717, 1.165) is 6.42 Å². The Hall–Kier alpha value is -1.56. The molecular weight excluding hydrogens is 420 g/mol. The van der Waals surface area contributed by atoms with Crippen molar-refractivity contribution in [1.29, 1.82) is 0 Å². The summed E-state index contributed by atoms with van der Waals surface area (Å²) in [5, 5.41) is 0. The van der Waals surface area contributed by atoms with Crippen molar-refractivity contribution in [2.45, 2.75) is 150 Å². The van der Waals surface area contributed by atoms with Crippen LogP contribution in [0.5, 0.6) is 0 Å². The first kappa shape index (κ1) is 29.7. The van der Waals surface area contributed by atoms with E-state index in [1.807, 2.05) is 0 Å². The zero-order valence-corrected chi connectivity index (χ0v) is 26.2. The summed E-state index contributed by atoms with van der Waals surface area (Å²) in [6.45, 7) is 38.0. The fourth-order valence-electron chi connectivity index (χ4n) is 5.48. The maximum Gasteiger partial charge on any atom is -0.0129 e. The van der Waals surface area contributed by atoms with E-state index in [4.69, 9.17) is 0 Å². The van der Waals surface area contributed by atoms with E-state index in [2.05, 4.69) is 141 Å². The molecule has 0 nitrogen and oxygen atoms in total. The van der Waals surface area contributed by atoms with Crippen LogP contribution in [0, 0.1) is 0 Å². The molecule has 2 aromatic carbocycles. The highest BCUT2D eigenvalue weighted by atomic mass is 14.4. The van der Waals surface area contributed by atoms with Gasteiger partial charge in [-0.25, -0.2) is 0 Å². The minimum atomic E-state index is 0.0900. The Labute approximate surface area is 219 Å². The Bertz CT molecular complexity index is 961. The molecule has 0 heterocycles. The Morgan fingerprint density at radius 2 is 0.857 bits per heavy atom. The van der Waals surface area contributed by atoms with Gasteiger partial charge < -0.3 is 0 Å². The van der Waals surface area contributed by atoms with Crippen LogP contribution in [0.1, 0.15) is 156 Å². The van der Waals surface area contributed by atoms with Crippen LogP contribution in [-0.2, 0) is 33.5 Å². The van der Waals surface area contributed by atoms with Gasteiger partial charge in [-0.05, 0) is 78.4 Å². The molecule has 35 heavy (non-hydrogen) atoms. The quantitative estimate of drug-likeness (QED) is 0.413. The monoisotopic (exact) mass is 476 g/mol. The lowest BCUT2D eigenvalue weighted by molar-refractivity contribution is 0.521. The molecule has 0 aliphatic rings. The maximum atomic E-state index is 2.53. The third kappa shape index (κ3) is 6.81. The Morgan fingerprint density at radius 1 is 0.514 bits per heavy atom. The molecule has 2 rings (SSSR count). The molecule has 0 saturated carbocycles. The van der Waals surface area contributed by atoms with E-state index in [-0.39, 0.29) is 27.1 Å². The molecule has 2 aromatic rings. The summed E-state index contributed by atoms with van der Waals surface area (Å²) in [5.41, 5.74) is 11.1. The van der Waals surface area contributed by atoms with E-state index < -0.39 is 0 Å². The highest BCUT2D eigenvalue weighted by Crippen LogP contribution is 2.43. The fraction of sp³-hybridized carbons (Fsp3) is 0.657. The zero-order valence-electron chi connectivity index (χ0n) is 26.2. The second-order valence-corrected chi connectivity index (χ2v) is 16.2. The van der Waals surface area contributed by atoms with Gasteiger partial charge in [-0.1, -0.05) is 141 Å². The minimum absolute atomic E-state index is 0.0900. The summed E-state index contributed by atoms with van der Waals surface area (Å²) < 4.78 is 0. The molecule has 0 amide bonds. The van der Waals surface area contributed by atoms with Crippen molar-refractivity contribution in [3.05, 3.63) is 69.3 Å². The summed E-state index contributed by atoms with van der Waals surface area (Å²) in [5.74, 6) is 0.433. The third-order valence-electron chi connectivity index (χ3n) is 7.46. The highest BCUT2D eigenvalue weighted by Gasteiger charge is 2.32. The van der Waals surface area contributed by atoms with Gasteiger partial charge >= 0.3 is 0 Å². The van der Waals surface area contributed by atoms with Crippen LogP contribution in [0.2, 0.25) is 0 Å². The molecule has 0 N–H and O–H groups in total. The summed E-state index contributed by atoms with van der Waals surface area (Å²) >= 11 is 0. The molecule has 0 aliphatic carbocycles. The van der Waals surface area contributed by atoms with Crippen LogP contribution >= 0.6 is 0 Å². The Balaban J connectivity index is 2.88. The van der Waals surface area contributed by atoms with Crippen molar-refractivity contribution >= 4 is 0 Å². The smallest absolute Gasteiger partial charge is 0.0129 e. The first-order valence-corrected chi connectivity index (χ1v) is 13.8. The molecule has 0 spiro atoms. The van der Waals surface area contributed by atoms with Crippen molar-refractivity contribution in [2.75, 3.05) is 0 Å². The van der Waals surface area contributed by atoms with Crippen LogP contribution < -0.4 is 0 Å². The lowest BCUT2D eigenvalue weighted by atomic mass is 9.68. The molecular formula is C35H56. The average Bonchev–Trinajstić information content (AvgIpc) is 2.63. The van der Waals surface area contributed by atoms with Crippen LogP contribution in [0.3, 0.4) is 0 Å². The summed E-state index contributed by atoms with van der Waals surface area (Å²) in [6, 6.07) is 12.1. The van der Waals surface area contributed by atoms with Crippen molar-refractivity contribution in [3.63, 3.8) is 0 Å². The standard InChI is InChI=1S/C35H56/c1-23(30-26(32(5,6)7)18-17-19-27(30)33(8,9)10)20-25-28(34(11,12)13)21-24(31(2,3)4)22-29(25)35(14,15)16/h17-19,21-23H,20H2,1-16H3. The molecule has 196 valence electrons. The molecule has 1 atom stereocenters. The van der Waals surface area contributed by atoms with E-state index in [0.29, 0.717) is 5.92 Å². The molecule has 0 heteroatoms. The van der Waals surface area contributed by atoms with Crippen LogP contribution in [0.25, 0.3) is 0 Å². The predicted octanol–water partition coefficient (Wildman–Crippen LogP) is 10.5. The fourth-order valence-corrected chi connectivity index (χ4v) is 5.48. The minimum Gasteiger partial charge on any atom is -0.0617 e. The first-order chi connectivity index (χ1) is 15.5. The lowest BCUT2D eigenvalue weighted by Crippen LogP contribution is -2.26.